The minimum absolute atomic E-state index is 0.0191. The summed E-state index contributed by atoms with van der Waals surface area (Å²) in [5.41, 5.74) is 4.09. The normalized spacial score (nSPS) is 19.8. The van der Waals surface area contributed by atoms with Crippen molar-refractivity contribution < 1.29 is 80.5 Å². The van der Waals surface area contributed by atoms with Crippen LogP contribution in [-0.4, -0.2) is 103 Å². The van der Waals surface area contributed by atoms with E-state index in [-0.39, 0.29) is 41.6 Å². The van der Waals surface area contributed by atoms with Crippen LogP contribution in [0.3, 0.4) is 0 Å². The van der Waals surface area contributed by atoms with Gasteiger partial charge in [0.1, 0.15) is 36.3 Å². The van der Waals surface area contributed by atoms with Crippen molar-refractivity contribution in [3.05, 3.63) is 24.8 Å². The van der Waals surface area contributed by atoms with E-state index in [9.17, 15) is 57.9 Å². The third kappa shape index (κ3) is 23.4. The summed E-state index contributed by atoms with van der Waals surface area (Å²) in [6.45, 7) is 2.38. The Hall–Kier alpha value is -2.70. The molecule has 1 fully saturated rings. The Morgan fingerprint density at radius 3 is 2.07 bits per heavy atom. The number of nitrogens with one attached hydrogen (secondary N) is 2. The van der Waals surface area contributed by atoms with Crippen LogP contribution in [0.2, 0.25) is 0 Å². The van der Waals surface area contributed by atoms with E-state index < -0.39 is 84.6 Å². The van der Waals surface area contributed by atoms with Crippen molar-refractivity contribution in [2.75, 3.05) is 37.8 Å². The van der Waals surface area contributed by atoms with Crippen LogP contribution in [0, 0.1) is 5.41 Å². The van der Waals surface area contributed by atoms with E-state index in [2.05, 4.69) is 50.4 Å². The van der Waals surface area contributed by atoms with E-state index in [1.165, 1.54) is 104 Å². The fourth-order valence-corrected chi connectivity index (χ4v) is 10.6. The van der Waals surface area contributed by atoms with Crippen molar-refractivity contribution >= 4 is 69.1 Å². The summed E-state index contributed by atoms with van der Waals surface area (Å²) < 4.78 is 60.9. The van der Waals surface area contributed by atoms with E-state index in [1.54, 1.807) is 6.08 Å². The Morgan fingerprint density at radius 2 is 1.47 bits per heavy atom. The van der Waals surface area contributed by atoms with E-state index >= 15 is 0 Å². The summed E-state index contributed by atoms with van der Waals surface area (Å²) in [6.07, 6.45) is 17.4. The number of nitrogens with zero attached hydrogens (tertiary/aromatic N) is 4. The van der Waals surface area contributed by atoms with Gasteiger partial charge in [0.25, 0.3) is 15.6 Å². The van der Waals surface area contributed by atoms with Gasteiger partial charge in [-0.3, -0.25) is 28.1 Å². The number of unbranched alkanes of at least 4 members (excludes halogenated alkanes) is 16. The average Bonchev–Trinajstić information content (AvgIpc) is 3.85. The molecular formula is C42H70N7O17P3S-4. The van der Waals surface area contributed by atoms with Gasteiger partial charge in [-0.05, 0) is 18.9 Å². The number of thioether (sulfide) groups is 1. The van der Waals surface area contributed by atoms with Crippen LogP contribution in [0.15, 0.2) is 24.8 Å². The number of phosphoric acid groups is 3. The van der Waals surface area contributed by atoms with E-state index in [0.29, 0.717) is 5.75 Å². The zero-order valence-electron chi connectivity index (χ0n) is 40.1. The fourth-order valence-electron chi connectivity index (χ4n) is 7.30. The van der Waals surface area contributed by atoms with Gasteiger partial charge in [-0.25, -0.2) is 19.3 Å². The Bertz CT molecular complexity index is 2100. The van der Waals surface area contributed by atoms with Crippen molar-refractivity contribution in [2.45, 2.75) is 167 Å². The largest absolute Gasteiger partial charge is 0.790 e. The first-order valence-corrected chi connectivity index (χ1v) is 29.1. The van der Waals surface area contributed by atoms with Gasteiger partial charge in [-0.2, -0.15) is 0 Å². The highest BCUT2D eigenvalue weighted by molar-refractivity contribution is 8.14. The summed E-state index contributed by atoms with van der Waals surface area (Å²) in [4.78, 5) is 96.9. The lowest BCUT2D eigenvalue weighted by molar-refractivity contribution is -0.347. The monoisotopic (exact) mass is 1070 g/mol. The maximum Gasteiger partial charge on any atom is 0.274 e. The molecule has 0 bridgehead atoms. The van der Waals surface area contributed by atoms with Gasteiger partial charge in [-0.1, -0.05) is 135 Å². The molecule has 1 saturated heterocycles. The Morgan fingerprint density at radius 1 is 0.886 bits per heavy atom. The molecule has 2 aromatic rings. The molecule has 0 aromatic carbocycles. The van der Waals surface area contributed by atoms with Gasteiger partial charge >= 0.3 is 0 Å². The highest BCUT2D eigenvalue weighted by Crippen LogP contribution is 2.56. The van der Waals surface area contributed by atoms with Crippen LogP contribution in [0.25, 0.3) is 11.2 Å². The first-order chi connectivity index (χ1) is 33.1. The third-order valence-corrected chi connectivity index (χ3v) is 15.0. The minimum atomic E-state index is -5.92. The van der Waals surface area contributed by atoms with Crippen LogP contribution < -0.4 is 35.9 Å². The van der Waals surface area contributed by atoms with Crippen LogP contribution in [0.1, 0.15) is 143 Å². The Balaban J connectivity index is 1.27. The number of aliphatic hydroxyl groups excluding tert-OH is 2. The average molecular weight is 1070 g/mol. The van der Waals surface area contributed by atoms with Crippen molar-refractivity contribution in [3.8, 4) is 0 Å². The Labute approximate surface area is 413 Å². The molecule has 3 rings (SSSR count). The Kier molecular flexibility index (Phi) is 27.4. The molecule has 28 heteroatoms. The predicted molar refractivity (Wildman–Crippen MR) is 252 cm³/mol. The first kappa shape index (κ1) is 61.6. The van der Waals surface area contributed by atoms with Gasteiger partial charge in [0.2, 0.25) is 16.9 Å². The zero-order chi connectivity index (χ0) is 51.8. The van der Waals surface area contributed by atoms with Crippen LogP contribution >= 0.6 is 35.2 Å². The molecular weight excluding hydrogens is 999 g/mol. The molecule has 6 N–H and O–H groups in total. The number of anilines is 1. The molecule has 7 atom stereocenters. The summed E-state index contributed by atoms with van der Waals surface area (Å²) >= 11 is 1.06. The van der Waals surface area contributed by atoms with Crippen molar-refractivity contribution in [3.63, 3.8) is 0 Å². The molecule has 0 saturated carbocycles. The number of carbonyl (C=O) groups excluding carboxylic acids is 3. The number of rotatable bonds is 37. The van der Waals surface area contributed by atoms with Gasteiger partial charge in [0.15, 0.2) is 17.7 Å². The fraction of sp³-hybridized carbons (Fsp3) is 0.762. The molecule has 400 valence electrons. The molecule has 0 aliphatic carbocycles. The van der Waals surface area contributed by atoms with Crippen molar-refractivity contribution in [1.29, 1.82) is 0 Å². The number of aromatic nitrogens is 4. The third-order valence-electron chi connectivity index (χ3n) is 11.2. The lowest BCUT2D eigenvalue weighted by atomic mass is 9.87. The second-order valence-electron chi connectivity index (χ2n) is 17.6. The number of nitrogen functional groups attached to an aromatic ring is 1. The quantitative estimate of drug-likeness (QED) is 0.0368. The second-order valence-corrected chi connectivity index (χ2v) is 22.8. The zero-order valence-corrected chi connectivity index (χ0v) is 43.6. The number of allylic oxidation sites excluding steroid dienone is 1. The minimum Gasteiger partial charge on any atom is -0.790 e. The summed E-state index contributed by atoms with van der Waals surface area (Å²) in [5, 5.41) is 26.3. The molecule has 1 aliphatic heterocycles. The van der Waals surface area contributed by atoms with Crippen LogP contribution in [-0.2, 0) is 50.7 Å². The molecule has 2 aromatic heterocycles. The smallest absolute Gasteiger partial charge is 0.274 e. The molecule has 1 aliphatic rings. The number of nitrogens with two attached hydrogens (primary N) is 1. The number of ether oxygens (including phenoxy) is 1. The van der Waals surface area contributed by atoms with Crippen LogP contribution in [0.5, 0.6) is 0 Å². The molecule has 0 radical (unpaired) electrons. The second kappa shape index (κ2) is 31.1. The summed E-state index contributed by atoms with van der Waals surface area (Å²) in [6, 6.07) is 0. The molecule has 24 nitrogen and oxygen atoms in total. The SMILES string of the molecule is CCCCCCCCCCCCCCCCCC/C=C/C(=O)SCCNC(=O)CCNC(=O)[C@H](O)C(C)(C)COP(=O)([O-])OP(=O)([O-])OC[C@H]1O[C@@H](n2cnc3c(N)ncnc32)[C@H](O)[C@@H]1OP(=O)([O-])[O-]. The van der Waals surface area contributed by atoms with E-state index in [4.69, 9.17) is 10.5 Å². The number of amides is 2. The van der Waals surface area contributed by atoms with Gasteiger partial charge in [-0.15, -0.1) is 0 Å². The summed E-state index contributed by atoms with van der Waals surface area (Å²) in [5.74, 6) is -1.20. The number of phosphoric ester groups is 3. The summed E-state index contributed by atoms with van der Waals surface area (Å²) in [7, 11) is -17.6. The molecule has 3 heterocycles. The number of hydrogen-bond donors (Lipinski definition) is 5. The van der Waals surface area contributed by atoms with Gasteiger partial charge < -0.3 is 69.0 Å². The number of aliphatic hydroxyl groups is 2. The topological polar surface area (TPSA) is 375 Å². The first-order valence-electron chi connectivity index (χ1n) is 23.7. The molecule has 2 amide bonds. The van der Waals surface area contributed by atoms with Gasteiger partial charge in [0.05, 0.1) is 27.4 Å². The highest BCUT2D eigenvalue weighted by Gasteiger charge is 2.47. The predicted octanol–water partition coefficient (Wildman–Crippen LogP) is 3.34. The standard InChI is InChI=1S/C42H74N7O17P3S/c1-4-5-6-7-8-9-10-11-12-13-14-15-16-17-18-19-20-21-22-33(51)70-26-25-44-32(50)23-24-45-40(54)37(53)42(2,3)28-63-69(60,61)66-68(58,59)62-27-31-36(65-67(55,56)57)35(52)41(64-31)49-30-48-34-38(43)46-29-47-39(34)49/h21-22,29-31,35-37,41,52-53H,4-20,23-28H2,1-3H3,(H,44,50)(H,45,54)(H,58,59)(H,60,61)(H2,43,46,47)(H2,55,56,57)/p-4/b22-21+/t31-,35-,36-,37+,41-/m1/s1. The molecule has 0 spiro atoms. The lowest BCUT2D eigenvalue weighted by Crippen LogP contribution is -2.46. The lowest BCUT2D eigenvalue weighted by Gasteiger charge is -2.36. The van der Waals surface area contributed by atoms with E-state index in [0.717, 1.165) is 48.2 Å². The number of carbonyl (C=O) groups is 3. The maximum absolute atomic E-state index is 12.7. The molecule has 70 heavy (non-hydrogen) atoms. The van der Waals surface area contributed by atoms with Crippen molar-refractivity contribution in [1.82, 2.24) is 30.2 Å². The van der Waals surface area contributed by atoms with E-state index in [1.807, 2.05) is 6.08 Å². The highest BCUT2D eigenvalue weighted by atomic mass is 32.2. The van der Waals surface area contributed by atoms with Gasteiger partial charge in [0, 0.05) is 30.7 Å². The van der Waals surface area contributed by atoms with Crippen LogP contribution in [0.4, 0.5) is 5.82 Å². The number of fused-ring (bicyclic) bond motifs is 1. The van der Waals surface area contributed by atoms with Crippen molar-refractivity contribution in [2.24, 2.45) is 5.41 Å². The molecule has 2 unspecified atom stereocenters. The number of imidazole rings is 1. The number of hydrogen-bond acceptors (Lipinski definition) is 22. The maximum atomic E-state index is 12.7.